The molecule has 1 unspecified atom stereocenters. The molecule has 0 saturated carbocycles. The Hall–Kier alpha value is -2.80. The molecule has 2 aromatic heterocycles. The van der Waals surface area contributed by atoms with Crippen molar-refractivity contribution in [1.82, 2.24) is 14.5 Å². The number of amides is 1. The minimum atomic E-state index is -1.57. The lowest BCUT2D eigenvalue weighted by atomic mass is 10.0. The van der Waals surface area contributed by atoms with Crippen LogP contribution in [0.1, 0.15) is 37.0 Å². The van der Waals surface area contributed by atoms with Crippen LogP contribution in [-0.2, 0) is 20.0 Å². The average molecular weight is 436 g/mol. The molecule has 3 rings (SSSR count). The van der Waals surface area contributed by atoms with Crippen molar-refractivity contribution in [2.24, 2.45) is 17.4 Å². The number of esters is 1. The number of carbonyl (C=O) groups is 2. The van der Waals surface area contributed by atoms with Crippen molar-refractivity contribution >= 4 is 28.7 Å². The summed E-state index contributed by atoms with van der Waals surface area (Å²) in [6.45, 7) is 6.33. The number of nitrogen functional groups attached to an aromatic ring is 1. The molecule has 0 aliphatic carbocycles. The monoisotopic (exact) mass is 436 g/mol. The summed E-state index contributed by atoms with van der Waals surface area (Å²) in [5.74, 6) is -1.19. The van der Waals surface area contributed by atoms with E-state index in [1.54, 1.807) is 20.8 Å². The summed E-state index contributed by atoms with van der Waals surface area (Å²) >= 11 is 0. The minimum Gasteiger partial charge on any atom is -0.462 e. The van der Waals surface area contributed by atoms with Gasteiger partial charge in [0.25, 0.3) is 5.91 Å². The van der Waals surface area contributed by atoms with Gasteiger partial charge in [-0.25, -0.2) is 9.97 Å². The van der Waals surface area contributed by atoms with Gasteiger partial charge >= 0.3 is 5.97 Å². The molecule has 8 N–H and O–H groups in total. The topological polar surface area (TPSA) is 202 Å². The fraction of sp³-hybridized carbons (Fsp3) is 0.579. The van der Waals surface area contributed by atoms with E-state index in [2.05, 4.69) is 9.97 Å². The molecule has 5 atom stereocenters. The van der Waals surface area contributed by atoms with Crippen LogP contribution in [0.3, 0.4) is 0 Å². The number of aryl methyl sites for hydroxylation is 1. The molecule has 0 aromatic carbocycles. The van der Waals surface area contributed by atoms with Crippen molar-refractivity contribution < 1.29 is 29.3 Å². The summed E-state index contributed by atoms with van der Waals surface area (Å²) in [4.78, 5) is 32.4. The third kappa shape index (κ3) is 3.82. The van der Waals surface area contributed by atoms with Crippen LogP contribution in [-0.4, -0.2) is 67.6 Å². The molecule has 1 amide bonds. The van der Waals surface area contributed by atoms with Gasteiger partial charge in [0, 0.05) is 6.20 Å². The van der Waals surface area contributed by atoms with Crippen molar-refractivity contribution in [1.29, 1.82) is 0 Å². The number of carbonyl (C=O) groups excluding carboxylic acids is 2. The van der Waals surface area contributed by atoms with E-state index in [-0.39, 0.29) is 34.9 Å². The molecule has 170 valence electrons. The largest absolute Gasteiger partial charge is 0.462 e. The van der Waals surface area contributed by atoms with Gasteiger partial charge in [-0.05, 0) is 19.8 Å². The maximum Gasteiger partial charge on any atom is 0.323 e. The zero-order valence-corrected chi connectivity index (χ0v) is 17.8. The van der Waals surface area contributed by atoms with Gasteiger partial charge in [-0.2, -0.15) is 0 Å². The van der Waals surface area contributed by atoms with Gasteiger partial charge in [0.1, 0.15) is 48.3 Å². The van der Waals surface area contributed by atoms with Gasteiger partial charge in [0.05, 0.1) is 10.9 Å². The molecule has 1 fully saturated rings. The molecule has 1 aliphatic rings. The lowest BCUT2D eigenvalue weighted by molar-refractivity contribution is -0.160. The number of ether oxygens (including phenoxy) is 2. The lowest BCUT2D eigenvalue weighted by Gasteiger charge is -2.30. The van der Waals surface area contributed by atoms with E-state index in [0.717, 1.165) is 0 Å². The van der Waals surface area contributed by atoms with E-state index < -0.39 is 42.0 Å². The Morgan fingerprint density at radius 2 is 2.00 bits per heavy atom. The Labute approximate surface area is 178 Å². The fourth-order valence-corrected chi connectivity index (χ4v) is 3.62. The third-order valence-corrected chi connectivity index (χ3v) is 5.55. The molecule has 0 radical (unpaired) electrons. The molecule has 3 heterocycles. The molecule has 1 aliphatic heterocycles. The first kappa shape index (κ1) is 22.9. The second-order valence-corrected chi connectivity index (χ2v) is 8.18. The second kappa shape index (κ2) is 8.04. The highest BCUT2D eigenvalue weighted by atomic mass is 16.6. The molecule has 0 bridgehead atoms. The smallest absolute Gasteiger partial charge is 0.323 e. The van der Waals surface area contributed by atoms with Crippen LogP contribution >= 0.6 is 0 Å². The van der Waals surface area contributed by atoms with Crippen molar-refractivity contribution in [3.63, 3.8) is 0 Å². The third-order valence-electron chi connectivity index (χ3n) is 5.55. The number of primary amides is 1. The van der Waals surface area contributed by atoms with Crippen LogP contribution in [0.15, 0.2) is 6.20 Å². The number of hydrogen-bond acceptors (Lipinski definition) is 10. The molecule has 0 spiro atoms. The van der Waals surface area contributed by atoms with Gasteiger partial charge in [-0.1, -0.05) is 13.8 Å². The first-order valence-corrected chi connectivity index (χ1v) is 9.80. The Bertz CT molecular complexity index is 1020. The highest BCUT2D eigenvalue weighted by Gasteiger charge is 2.53. The van der Waals surface area contributed by atoms with E-state index in [1.165, 1.54) is 17.7 Å². The fourth-order valence-electron chi connectivity index (χ4n) is 3.62. The summed E-state index contributed by atoms with van der Waals surface area (Å²) in [5, 5.41) is 21.6. The van der Waals surface area contributed by atoms with E-state index in [4.69, 9.17) is 26.7 Å². The number of hydrogen-bond donors (Lipinski definition) is 5. The molecule has 12 nitrogen and oxygen atoms in total. The Balaban J connectivity index is 1.97. The van der Waals surface area contributed by atoms with Crippen molar-refractivity contribution in [2.45, 2.75) is 57.8 Å². The van der Waals surface area contributed by atoms with E-state index >= 15 is 0 Å². The maximum absolute atomic E-state index is 12.1. The summed E-state index contributed by atoms with van der Waals surface area (Å²) in [6, 6.07) is -0.830. The molecule has 1 saturated heterocycles. The van der Waals surface area contributed by atoms with Gasteiger partial charge < -0.3 is 41.5 Å². The lowest BCUT2D eigenvalue weighted by Crippen LogP contribution is -2.43. The summed E-state index contributed by atoms with van der Waals surface area (Å²) in [5.41, 5.74) is 15.9. The zero-order valence-electron chi connectivity index (χ0n) is 17.8. The molecule has 2 aromatic rings. The number of aliphatic hydroxyl groups is 2. The van der Waals surface area contributed by atoms with E-state index in [1.807, 2.05) is 0 Å². The Morgan fingerprint density at radius 1 is 1.35 bits per heavy atom. The summed E-state index contributed by atoms with van der Waals surface area (Å²) < 4.78 is 12.5. The molecular formula is C19H28N6O6. The average Bonchev–Trinajstić information content (AvgIpc) is 3.18. The molecule has 31 heavy (non-hydrogen) atoms. The molecule has 12 heteroatoms. The van der Waals surface area contributed by atoms with E-state index in [9.17, 15) is 19.8 Å². The van der Waals surface area contributed by atoms with Crippen LogP contribution in [0.5, 0.6) is 0 Å². The van der Waals surface area contributed by atoms with Crippen molar-refractivity contribution in [3.8, 4) is 0 Å². The first-order valence-electron chi connectivity index (χ1n) is 9.80. The summed E-state index contributed by atoms with van der Waals surface area (Å²) in [7, 11) is 0. The van der Waals surface area contributed by atoms with Gasteiger partial charge in [-0.15, -0.1) is 0 Å². The Kier molecular flexibility index (Phi) is 5.93. The van der Waals surface area contributed by atoms with E-state index in [0.29, 0.717) is 5.82 Å². The SMILES string of the molecule is Cc1nc(N)c2c(C(N)=O)cn(C3(C)O[C@H](COC(=O)[C@@H](N)C(C)C)[C@@H](O)[C@H]3O)c2n1. The Morgan fingerprint density at radius 3 is 2.58 bits per heavy atom. The standard InChI is InChI=1S/C19H28N6O6/c1-7(2)12(20)18(29)30-6-10-13(26)14(27)19(4,31-10)25-5-9(16(22)28)11-15(21)23-8(3)24-17(11)25/h5,7,10,12-14,26-27H,6,20H2,1-4H3,(H2,22,28)(H2,21,23,24)/t10-,12+,13-,14-,19?/m1/s1. The zero-order chi connectivity index (χ0) is 23.2. The van der Waals surface area contributed by atoms with Gasteiger partial charge in [0.2, 0.25) is 0 Å². The van der Waals surface area contributed by atoms with Crippen LogP contribution < -0.4 is 17.2 Å². The van der Waals surface area contributed by atoms with Crippen LogP contribution in [0.25, 0.3) is 11.0 Å². The number of aromatic nitrogens is 3. The second-order valence-electron chi connectivity index (χ2n) is 8.18. The van der Waals surface area contributed by atoms with Crippen molar-refractivity contribution in [2.75, 3.05) is 12.3 Å². The predicted molar refractivity (Wildman–Crippen MR) is 110 cm³/mol. The van der Waals surface area contributed by atoms with Gasteiger partial charge in [0.15, 0.2) is 5.72 Å². The number of anilines is 1. The number of rotatable bonds is 6. The highest BCUT2D eigenvalue weighted by molar-refractivity contribution is 6.09. The quantitative estimate of drug-likeness (QED) is 0.340. The maximum atomic E-state index is 12.1. The number of nitrogens with two attached hydrogens (primary N) is 3. The summed E-state index contributed by atoms with van der Waals surface area (Å²) in [6.07, 6.45) is -2.57. The molecular weight excluding hydrogens is 408 g/mol. The van der Waals surface area contributed by atoms with Crippen LogP contribution in [0, 0.1) is 12.8 Å². The van der Waals surface area contributed by atoms with Gasteiger partial charge in [-0.3, -0.25) is 9.59 Å². The number of nitrogens with zero attached hydrogens (tertiary/aromatic N) is 3. The van der Waals surface area contributed by atoms with Crippen molar-refractivity contribution in [3.05, 3.63) is 17.6 Å². The number of fused-ring (bicyclic) bond motifs is 1. The normalized spacial score (nSPS) is 27.0. The van der Waals surface area contributed by atoms with Crippen LogP contribution in [0.2, 0.25) is 0 Å². The highest BCUT2D eigenvalue weighted by Crippen LogP contribution is 2.39. The first-order chi connectivity index (χ1) is 14.4. The van der Waals surface area contributed by atoms with Crippen LogP contribution in [0.4, 0.5) is 5.82 Å². The predicted octanol–water partition coefficient (Wildman–Crippen LogP) is -1.26. The number of aliphatic hydroxyl groups excluding tert-OH is 2. The minimum absolute atomic E-state index is 0.0387.